The Labute approximate surface area is 162 Å². The molecule has 5 rings (SSSR count). The number of hydrogen-bond acceptors (Lipinski definition) is 2. The van der Waals surface area contributed by atoms with Crippen LogP contribution in [0.1, 0.15) is 34.9 Å². The fourth-order valence-electron chi connectivity index (χ4n) is 4.35. The first-order valence-corrected chi connectivity index (χ1v) is 9.63. The average Bonchev–Trinajstić information content (AvgIpc) is 3.22. The molecule has 1 aliphatic heterocycles. The summed E-state index contributed by atoms with van der Waals surface area (Å²) in [5.74, 6) is -0.113. The van der Waals surface area contributed by atoms with Gasteiger partial charge in [0.05, 0.1) is 6.04 Å². The molecule has 0 saturated carbocycles. The quantitative estimate of drug-likeness (QED) is 0.559. The zero-order chi connectivity index (χ0) is 19.1. The molecule has 1 aromatic heterocycles. The van der Waals surface area contributed by atoms with Crippen LogP contribution in [0.25, 0.3) is 21.5 Å². The number of nitrogens with one attached hydrogen (secondary N) is 1. The number of fused-ring (bicyclic) bond motifs is 2. The standard InChI is InChI=1S/C24H20N2O2/c27-23-19-11-4-2-8-17(19)15-21(25-23)24(28)26-14-6-13-22(26)20-12-5-9-16-7-1-3-10-18(16)20/h1-5,7-12,15,22H,6,13-14H2,(H,25,27). The van der Waals surface area contributed by atoms with Crippen LogP contribution in [0, 0.1) is 0 Å². The molecule has 1 fully saturated rings. The molecule has 3 aromatic carbocycles. The van der Waals surface area contributed by atoms with Crippen molar-refractivity contribution in [3.8, 4) is 0 Å². The van der Waals surface area contributed by atoms with Gasteiger partial charge in [-0.1, -0.05) is 60.7 Å². The Balaban J connectivity index is 1.57. The summed E-state index contributed by atoms with van der Waals surface area (Å²) in [5.41, 5.74) is 1.31. The minimum Gasteiger partial charge on any atom is -0.330 e. The molecule has 0 radical (unpaired) electrons. The van der Waals surface area contributed by atoms with E-state index in [1.54, 1.807) is 12.1 Å². The smallest absolute Gasteiger partial charge is 0.270 e. The lowest BCUT2D eigenvalue weighted by atomic mass is 9.97. The summed E-state index contributed by atoms with van der Waals surface area (Å²) in [6.07, 6.45) is 1.88. The normalized spacial score (nSPS) is 16.7. The molecule has 0 spiro atoms. The summed E-state index contributed by atoms with van der Waals surface area (Å²) < 4.78 is 0. The van der Waals surface area contributed by atoms with Gasteiger partial charge >= 0.3 is 0 Å². The maximum absolute atomic E-state index is 13.3. The molecule has 1 aliphatic rings. The maximum Gasteiger partial charge on any atom is 0.270 e. The Morgan fingerprint density at radius 3 is 2.46 bits per heavy atom. The number of amides is 1. The van der Waals surface area contributed by atoms with Gasteiger partial charge in [0, 0.05) is 11.9 Å². The van der Waals surface area contributed by atoms with Crippen LogP contribution in [0.2, 0.25) is 0 Å². The number of carbonyl (C=O) groups is 1. The molecule has 2 heterocycles. The van der Waals surface area contributed by atoms with Gasteiger partial charge in [-0.15, -0.1) is 0 Å². The first kappa shape index (κ1) is 16.8. The van der Waals surface area contributed by atoms with Gasteiger partial charge in [-0.25, -0.2) is 0 Å². The Morgan fingerprint density at radius 1 is 0.893 bits per heavy atom. The first-order chi connectivity index (χ1) is 13.7. The highest BCUT2D eigenvalue weighted by Gasteiger charge is 2.32. The molecule has 4 aromatic rings. The van der Waals surface area contributed by atoms with Gasteiger partial charge in [0.25, 0.3) is 11.5 Å². The molecular weight excluding hydrogens is 348 g/mol. The van der Waals surface area contributed by atoms with Gasteiger partial charge in [-0.3, -0.25) is 9.59 Å². The molecule has 4 heteroatoms. The van der Waals surface area contributed by atoms with E-state index in [4.69, 9.17) is 0 Å². The minimum absolute atomic E-state index is 0.0218. The van der Waals surface area contributed by atoms with E-state index in [0.29, 0.717) is 17.6 Å². The second-order valence-corrected chi connectivity index (χ2v) is 7.32. The third-order valence-corrected chi connectivity index (χ3v) is 5.68. The molecule has 0 bridgehead atoms. The molecule has 1 saturated heterocycles. The van der Waals surface area contributed by atoms with Crippen molar-refractivity contribution in [2.45, 2.75) is 18.9 Å². The second-order valence-electron chi connectivity index (χ2n) is 7.32. The van der Waals surface area contributed by atoms with E-state index in [9.17, 15) is 9.59 Å². The zero-order valence-corrected chi connectivity index (χ0v) is 15.4. The number of rotatable bonds is 2. The highest BCUT2D eigenvalue weighted by Crippen LogP contribution is 2.36. The topological polar surface area (TPSA) is 53.2 Å². The van der Waals surface area contributed by atoms with Gasteiger partial charge < -0.3 is 9.88 Å². The third-order valence-electron chi connectivity index (χ3n) is 5.68. The highest BCUT2D eigenvalue weighted by molar-refractivity contribution is 5.97. The van der Waals surface area contributed by atoms with Crippen molar-refractivity contribution in [1.82, 2.24) is 9.88 Å². The van der Waals surface area contributed by atoms with Gasteiger partial charge in [0.2, 0.25) is 0 Å². The number of pyridine rings is 1. The van der Waals surface area contributed by atoms with Crippen LogP contribution in [0.5, 0.6) is 0 Å². The number of carbonyl (C=O) groups excluding carboxylic acids is 1. The van der Waals surface area contributed by atoms with E-state index in [0.717, 1.165) is 18.2 Å². The fourth-order valence-corrected chi connectivity index (χ4v) is 4.35. The highest BCUT2D eigenvalue weighted by atomic mass is 16.2. The summed E-state index contributed by atoms with van der Waals surface area (Å²) in [6, 6.07) is 23.7. The molecule has 1 N–H and O–H groups in total. The zero-order valence-electron chi connectivity index (χ0n) is 15.4. The summed E-state index contributed by atoms with van der Waals surface area (Å²) in [4.78, 5) is 30.4. The lowest BCUT2D eigenvalue weighted by molar-refractivity contribution is 0.0730. The summed E-state index contributed by atoms with van der Waals surface area (Å²) >= 11 is 0. The van der Waals surface area contributed by atoms with Crippen molar-refractivity contribution in [2.24, 2.45) is 0 Å². The Bertz CT molecular complexity index is 1250. The number of nitrogens with zero attached hydrogens (tertiary/aromatic N) is 1. The van der Waals surface area contributed by atoms with Crippen molar-refractivity contribution in [2.75, 3.05) is 6.54 Å². The number of benzene rings is 3. The predicted octanol–water partition coefficient (Wildman–Crippen LogP) is 4.66. The van der Waals surface area contributed by atoms with Crippen LogP contribution in [-0.4, -0.2) is 22.3 Å². The van der Waals surface area contributed by atoms with E-state index in [1.807, 2.05) is 35.2 Å². The van der Waals surface area contributed by atoms with Gasteiger partial charge in [0.15, 0.2) is 0 Å². The number of aromatic nitrogens is 1. The predicted molar refractivity (Wildman–Crippen MR) is 112 cm³/mol. The maximum atomic E-state index is 13.3. The molecule has 1 atom stereocenters. The SMILES string of the molecule is O=C(c1cc2ccccc2c(=O)[nH]1)N1CCCC1c1cccc2ccccc12. The van der Waals surface area contributed by atoms with Crippen LogP contribution in [0.3, 0.4) is 0 Å². The fraction of sp³-hybridized carbons (Fsp3) is 0.167. The van der Waals surface area contributed by atoms with E-state index in [1.165, 1.54) is 16.3 Å². The molecular formula is C24H20N2O2. The number of likely N-dealkylation sites (tertiary alicyclic amines) is 1. The molecule has 0 aliphatic carbocycles. The molecule has 138 valence electrons. The van der Waals surface area contributed by atoms with Crippen LogP contribution in [-0.2, 0) is 0 Å². The van der Waals surface area contributed by atoms with E-state index >= 15 is 0 Å². The molecule has 4 nitrogen and oxygen atoms in total. The molecule has 1 unspecified atom stereocenters. The van der Waals surface area contributed by atoms with Crippen LogP contribution in [0.4, 0.5) is 0 Å². The van der Waals surface area contributed by atoms with E-state index in [2.05, 4.69) is 35.3 Å². The van der Waals surface area contributed by atoms with Crippen molar-refractivity contribution >= 4 is 27.5 Å². The van der Waals surface area contributed by atoms with Crippen LogP contribution in [0.15, 0.2) is 77.6 Å². The number of H-pyrrole nitrogens is 1. The van der Waals surface area contributed by atoms with Crippen molar-refractivity contribution in [1.29, 1.82) is 0 Å². The summed E-state index contributed by atoms with van der Waals surface area (Å²) in [7, 11) is 0. The van der Waals surface area contributed by atoms with Crippen LogP contribution >= 0.6 is 0 Å². The molecule has 1 amide bonds. The third kappa shape index (κ3) is 2.69. The van der Waals surface area contributed by atoms with Crippen molar-refractivity contribution in [3.05, 3.63) is 94.4 Å². The Morgan fingerprint density at radius 2 is 1.61 bits per heavy atom. The second kappa shape index (κ2) is 6.64. The van der Waals surface area contributed by atoms with E-state index < -0.39 is 0 Å². The average molecular weight is 368 g/mol. The van der Waals surface area contributed by atoms with Crippen molar-refractivity contribution < 1.29 is 4.79 Å². The summed E-state index contributed by atoms with van der Waals surface area (Å²) in [6.45, 7) is 0.696. The number of aromatic amines is 1. The van der Waals surface area contributed by atoms with Gasteiger partial charge in [-0.2, -0.15) is 0 Å². The van der Waals surface area contributed by atoms with E-state index in [-0.39, 0.29) is 17.5 Å². The number of hydrogen-bond donors (Lipinski definition) is 1. The molecule has 28 heavy (non-hydrogen) atoms. The Hall–Kier alpha value is -3.40. The Kier molecular flexibility index (Phi) is 3.97. The monoisotopic (exact) mass is 368 g/mol. The lowest BCUT2D eigenvalue weighted by Crippen LogP contribution is -2.32. The lowest BCUT2D eigenvalue weighted by Gasteiger charge is -2.26. The summed E-state index contributed by atoms with van der Waals surface area (Å²) in [5, 5.41) is 3.75. The first-order valence-electron chi connectivity index (χ1n) is 9.63. The van der Waals surface area contributed by atoms with Crippen LogP contribution < -0.4 is 5.56 Å². The minimum atomic E-state index is -0.220. The van der Waals surface area contributed by atoms with Gasteiger partial charge in [-0.05, 0) is 46.7 Å². The van der Waals surface area contributed by atoms with Gasteiger partial charge in [0.1, 0.15) is 5.69 Å². The van der Waals surface area contributed by atoms with Crippen molar-refractivity contribution in [3.63, 3.8) is 0 Å². The largest absolute Gasteiger partial charge is 0.330 e.